The highest BCUT2D eigenvalue weighted by molar-refractivity contribution is 5.75. The number of nitrogens with one attached hydrogen (secondary N) is 1. The number of aromatic nitrogens is 2. The third-order valence-electron chi connectivity index (χ3n) is 4.49. The molecule has 1 heterocycles. The Hall–Kier alpha value is -1.35. The quantitative estimate of drug-likeness (QED) is 0.890. The van der Waals surface area contributed by atoms with Crippen LogP contribution in [0, 0.1) is 5.92 Å². The Bertz CT molecular complexity index is 554. The number of rotatable bonds is 5. The van der Waals surface area contributed by atoms with Crippen molar-refractivity contribution in [3.8, 4) is 0 Å². The van der Waals surface area contributed by atoms with Crippen molar-refractivity contribution in [2.75, 3.05) is 0 Å². The maximum Gasteiger partial charge on any atom is 0.123 e. The first-order valence-electron chi connectivity index (χ1n) is 7.47. The molecule has 0 spiro atoms. The van der Waals surface area contributed by atoms with E-state index in [4.69, 9.17) is 4.98 Å². The van der Waals surface area contributed by atoms with Crippen LogP contribution in [0.15, 0.2) is 24.3 Å². The average molecular weight is 257 g/mol. The summed E-state index contributed by atoms with van der Waals surface area (Å²) in [5.41, 5.74) is 2.36. The van der Waals surface area contributed by atoms with Crippen LogP contribution in [0.3, 0.4) is 0 Å². The van der Waals surface area contributed by atoms with Gasteiger partial charge in [-0.25, -0.2) is 4.98 Å². The largest absolute Gasteiger partial charge is 0.327 e. The summed E-state index contributed by atoms with van der Waals surface area (Å²) in [6.07, 6.45) is 4.18. The molecule has 0 radical (unpaired) electrons. The monoisotopic (exact) mass is 257 g/mol. The van der Waals surface area contributed by atoms with Gasteiger partial charge >= 0.3 is 0 Å². The highest BCUT2D eigenvalue weighted by Crippen LogP contribution is 2.29. The smallest absolute Gasteiger partial charge is 0.123 e. The van der Waals surface area contributed by atoms with E-state index >= 15 is 0 Å². The molecule has 0 aliphatic heterocycles. The van der Waals surface area contributed by atoms with E-state index < -0.39 is 0 Å². The van der Waals surface area contributed by atoms with Gasteiger partial charge in [-0.15, -0.1) is 0 Å². The predicted octanol–water partition coefficient (Wildman–Crippen LogP) is 3.33. The molecule has 3 nitrogen and oxygen atoms in total. The number of para-hydroxylation sites is 2. The maximum atomic E-state index is 4.76. The normalized spacial score (nSPS) is 17.6. The van der Waals surface area contributed by atoms with Crippen molar-refractivity contribution in [1.29, 1.82) is 0 Å². The Morgan fingerprint density at radius 3 is 2.84 bits per heavy atom. The number of hydrogen-bond acceptors (Lipinski definition) is 2. The van der Waals surface area contributed by atoms with Crippen LogP contribution in [-0.4, -0.2) is 15.6 Å². The fourth-order valence-electron chi connectivity index (χ4n) is 2.97. The van der Waals surface area contributed by atoms with Crippen LogP contribution >= 0.6 is 0 Å². The maximum absolute atomic E-state index is 4.76. The van der Waals surface area contributed by atoms with Crippen molar-refractivity contribution < 1.29 is 0 Å². The topological polar surface area (TPSA) is 29.9 Å². The van der Waals surface area contributed by atoms with Crippen LogP contribution < -0.4 is 5.32 Å². The lowest BCUT2D eigenvalue weighted by atomic mass is 9.80. The number of nitrogens with zero attached hydrogens (tertiary/aromatic N) is 2. The van der Waals surface area contributed by atoms with Crippen molar-refractivity contribution in [3.63, 3.8) is 0 Å². The molecule has 1 unspecified atom stereocenters. The van der Waals surface area contributed by atoms with Gasteiger partial charge in [0.15, 0.2) is 0 Å². The van der Waals surface area contributed by atoms with Crippen LogP contribution in [0.1, 0.15) is 38.9 Å². The van der Waals surface area contributed by atoms with E-state index in [0.717, 1.165) is 30.3 Å². The van der Waals surface area contributed by atoms with Crippen LogP contribution in [0.4, 0.5) is 0 Å². The fraction of sp³-hybridized carbons (Fsp3) is 0.562. The predicted molar refractivity (Wildman–Crippen MR) is 79.0 cm³/mol. The molecular formula is C16H23N3. The number of benzene rings is 1. The highest BCUT2D eigenvalue weighted by atomic mass is 15.1. The van der Waals surface area contributed by atoms with E-state index in [0.29, 0.717) is 6.04 Å². The lowest BCUT2D eigenvalue weighted by molar-refractivity contribution is 0.238. The second-order valence-electron chi connectivity index (χ2n) is 5.62. The van der Waals surface area contributed by atoms with Gasteiger partial charge in [-0.05, 0) is 44.7 Å². The van der Waals surface area contributed by atoms with Crippen LogP contribution in [0.2, 0.25) is 0 Å². The zero-order valence-corrected chi connectivity index (χ0v) is 11.9. The van der Waals surface area contributed by atoms with Gasteiger partial charge in [-0.2, -0.15) is 0 Å². The van der Waals surface area contributed by atoms with Crippen LogP contribution in [0.5, 0.6) is 0 Å². The first kappa shape index (κ1) is 12.7. The van der Waals surface area contributed by atoms with E-state index in [-0.39, 0.29) is 0 Å². The van der Waals surface area contributed by atoms with Gasteiger partial charge < -0.3 is 9.88 Å². The molecule has 1 aliphatic carbocycles. The molecule has 19 heavy (non-hydrogen) atoms. The fourth-order valence-corrected chi connectivity index (χ4v) is 2.97. The van der Waals surface area contributed by atoms with Crippen molar-refractivity contribution in [1.82, 2.24) is 14.9 Å². The van der Waals surface area contributed by atoms with E-state index in [2.05, 4.69) is 48.0 Å². The summed E-state index contributed by atoms with van der Waals surface area (Å²) >= 11 is 0. The highest BCUT2D eigenvalue weighted by Gasteiger charge is 2.23. The minimum Gasteiger partial charge on any atom is -0.327 e. The first-order valence-corrected chi connectivity index (χ1v) is 7.47. The molecule has 1 aromatic heterocycles. The third kappa shape index (κ3) is 2.39. The Morgan fingerprint density at radius 1 is 1.37 bits per heavy atom. The van der Waals surface area contributed by atoms with Gasteiger partial charge in [-0.1, -0.05) is 18.6 Å². The number of aryl methyl sites for hydroxylation is 1. The molecule has 1 aromatic carbocycles. The van der Waals surface area contributed by atoms with E-state index in [9.17, 15) is 0 Å². The third-order valence-corrected chi connectivity index (χ3v) is 4.49. The zero-order valence-electron chi connectivity index (χ0n) is 11.9. The van der Waals surface area contributed by atoms with Crippen LogP contribution in [-0.2, 0) is 13.1 Å². The van der Waals surface area contributed by atoms with E-state index in [1.165, 1.54) is 24.8 Å². The van der Waals surface area contributed by atoms with Crippen LogP contribution in [0.25, 0.3) is 11.0 Å². The molecule has 0 saturated heterocycles. The number of fused-ring (bicyclic) bond motifs is 1. The molecule has 0 bridgehead atoms. The summed E-state index contributed by atoms with van der Waals surface area (Å²) in [6, 6.07) is 9.01. The van der Waals surface area contributed by atoms with Crippen molar-refractivity contribution in [2.45, 2.75) is 52.2 Å². The van der Waals surface area contributed by atoms with E-state index in [1.54, 1.807) is 0 Å². The Balaban J connectivity index is 1.76. The summed E-state index contributed by atoms with van der Waals surface area (Å²) < 4.78 is 2.32. The SMILES string of the molecule is CCn1c(CNC(C)C2CCC2)nc2ccccc21. The Kier molecular flexibility index (Phi) is 3.56. The average Bonchev–Trinajstić information content (AvgIpc) is 2.71. The van der Waals surface area contributed by atoms with Gasteiger partial charge in [0.25, 0.3) is 0 Å². The van der Waals surface area contributed by atoms with E-state index in [1.807, 2.05) is 0 Å². The Labute approximate surface area is 115 Å². The summed E-state index contributed by atoms with van der Waals surface area (Å²) in [6.45, 7) is 6.35. The molecule has 1 atom stereocenters. The van der Waals surface area contributed by atoms with Crippen molar-refractivity contribution in [3.05, 3.63) is 30.1 Å². The minimum absolute atomic E-state index is 0.610. The summed E-state index contributed by atoms with van der Waals surface area (Å²) in [5.74, 6) is 2.04. The Morgan fingerprint density at radius 2 is 2.16 bits per heavy atom. The molecule has 1 fully saturated rings. The molecule has 1 N–H and O–H groups in total. The summed E-state index contributed by atoms with van der Waals surface area (Å²) in [4.78, 5) is 4.76. The van der Waals surface area contributed by atoms with Gasteiger partial charge in [0.05, 0.1) is 17.6 Å². The lowest BCUT2D eigenvalue weighted by Gasteiger charge is -2.32. The molecule has 102 valence electrons. The van der Waals surface area contributed by atoms with Gasteiger partial charge in [-0.3, -0.25) is 0 Å². The zero-order chi connectivity index (χ0) is 13.2. The van der Waals surface area contributed by atoms with Gasteiger partial charge in [0.2, 0.25) is 0 Å². The molecule has 1 aliphatic rings. The number of imidazole rings is 1. The lowest BCUT2D eigenvalue weighted by Crippen LogP contribution is -2.37. The molecule has 3 heteroatoms. The van der Waals surface area contributed by atoms with Gasteiger partial charge in [0, 0.05) is 12.6 Å². The molecule has 3 rings (SSSR count). The second kappa shape index (κ2) is 5.33. The summed E-state index contributed by atoms with van der Waals surface area (Å²) in [7, 11) is 0. The molecule has 0 amide bonds. The molecule has 2 aromatic rings. The summed E-state index contributed by atoms with van der Waals surface area (Å²) in [5, 5.41) is 3.65. The standard InChI is InChI=1S/C16H23N3/c1-3-19-15-10-5-4-9-14(15)18-16(19)11-17-12(2)13-7-6-8-13/h4-5,9-10,12-13,17H,3,6-8,11H2,1-2H3. The molecular weight excluding hydrogens is 234 g/mol. The van der Waals surface area contributed by atoms with Crippen molar-refractivity contribution >= 4 is 11.0 Å². The number of hydrogen-bond donors (Lipinski definition) is 1. The minimum atomic E-state index is 0.610. The molecule has 1 saturated carbocycles. The first-order chi connectivity index (χ1) is 9.29. The van der Waals surface area contributed by atoms with Gasteiger partial charge in [0.1, 0.15) is 5.82 Å². The second-order valence-corrected chi connectivity index (χ2v) is 5.62. The van der Waals surface area contributed by atoms with Crippen molar-refractivity contribution in [2.24, 2.45) is 5.92 Å².